The van der Waals surface area contributed by atoms with Crippen molar-refractivity contribution in [2.24, 2.45) is 5.92 Å². The van der Waals surface area contributed by atoms with Crippen molar-refractivity contribution < 1.29 is 19.4 Å². The molecule has 21 heavy (non-hydrogen) atoms. The second-order valence-electron chi connectivity index (χ2n) is 5.74. The van der Waals surface area contributed by atoms with E-state index in [2.05, 4.69) is 13.8 Å². The fraction of sp³-hybridized carbons (Fsp3) is 0.562. The van der Waals surface area contributed by atoms with Crippen molar-refractivity contribution >= 4 is 17.6 Å². The summed E-state index contributed by atoms with van der Waals surface area (Å²) in [5.74, 6) is 0.192. The van der Waals surface area contributed by atoms with Crippen LogP contribution in [0.5, 0.6) is 11.5 Å². The average molecular weight is 313 g/mol. The quantitative estimate of drug-likeness (QED) is 0.916. The highest BCUT2D eigenvalue weighted by molar-refractivity contribution is 6.32. The van der Waals surface area contributed by atoms with Crippen LogP contribution in [-0.2, 0) is 11.2 Å². The molecule has 4 nitrogen and oxygen atoms in total. The first-order valence-electron chi connectivity index (χ1n) is 7.25. The third kappa shape index (κ3) is 3.43. The molecule has 0 saturated carbocycles. The molecule has 0 aromatic heterocycles. The van der Waals surface area contributed by atoms with E-state index in [1.54, 1.807) is 6.92 Å². The number of carboxylic acids is 1. The van der Waals surface area contributed by atoms with Crippen LogP contribution >= 0.6 is 11.6 Å². The normalized spacial score (nSPS) is 15.7. The van der Waals surface area contributed by atoms with E-state index in [1.807, 2.05) is 6.07 Å². The highest BCUT2D eigenvalue weighted by atomic mass is 35.5. The lowest BCUT2D eigenvalue weighted by Crippen LogP contribution is -2.14. The predicted octanol–water partition coefficient (Wildman–Crippen LogP) is 3.89. The Morgan fingerprint density at radius 2 is 1.90 bits per heavy atom. The molecule has 1 aliphatic heterocycles. The zero-order chi connectivity index (χ0) is 15.6. The molecule has 1 atom stereocenters. The van der Waals surface area contributed by atoms with Gasteiger partial charge in [0.25, 0.3) is 0 Å². The number of carbonyl (C=O) groups is 1. The van der Waals surface area contributed by atoms with Gasteiger partial charge in [-0.05, 0) is 24.0 Å². The second kappa shape index (κ2) is 6.56. The Kier molecular flexibility index (Phi) is 4.99. The third-order valence-corrected chi connectivity index (χ3v) is 3.90. The Labute approximate surface area is 130 Å². The molecule has 0 radical (unpaired) electrons. The summed E-state index contributed by atoms with van der Waals surface area (Å²) in [6.45, 7) is 6.99. The van der Waals surface area contributed by atoms with Crippen LogP contribution in [0.1, 0.15) is 44.2 Å². The molecule has 1 aromatic rings. The summed E-state index contributed by atoms with van der Waals surface area (Å²) in [4.78, 5) is 11.1. The number of fused-ring (bicyclic) bond motifs is 1. The van der Waals surface area contributed by atoms with Crippen molar-refractivity contribution in [3.05, 3.63) is 22.2 Å². The molecular formula is C16H21ClO4. The van der Waals surface area contributed by atoms with Gasteiger partial charge in [-0.25, -0.2) is 0 Å². The number of benzene rings is 1. The van der Waals surface area contributed by atoms with E-state index in [-0.39, 0.29) is 5.92 Å². The molecule has 1 unspecified atom stereocenters. The van der Waals surface area contributed by atoms with Gasteiger partial charge in [-0.3, -0.25) is 4.79 Å². The van der Waals surface area contributed by atoms with E-state index in [1.165, 1.54) is 0 Å². The van der Waals surface area contributed by atoms with Crippen LogP contribution in [0, 0.1) is 5.92 Å². The molecule has 1 heterocycles. The Morgan fingerprint density at radius 1 is 1.29 bits per heavy atom. The van der Waals surface area contributed by atoms with Crippen LogP contribution in [0.3, 0.4) is 0 Å². The maximum Gasteiger partial charge on any atom is 0.306 e. The Hall–Kier alpha value is -1.42. The smallest absolute Gasteiger partial charge is 0.306 e. The number of halogens is 1. The molecule has 1 aliphatic rings. The van der Waals surface area contributed by atoms with E-state index in [0.29, 0.717) is 36.2 Å². The van der Waals surface area contributed by atoms with Crippen molar-refractivity contribution in [1.29, 1.82) is 0 Å². The largest absolute Gasteiger partial charge is 0.489 e. The van der Waals surface area contributed by atoms with E-state index in [4.69, 9.17) is 26.2 Å². The number of ether oxygens (including phenoxy) is 2. The topological polar surface area (TPSA) is 55.8 Å². The van der Waals surface area contributed by atoms with E-state index < -0.39 is 11.9 Å². The molecule has 0 aliphatic carbocycles. The molecule has 0 bridgehead atoms. The maximum atomic E-state index is 11.1. The molecule has 0 spiro atoms. The minimum atomic E-state index is -0.812. The SMILES string of the molecule is CC(Cc1cc(Cl)c2c(c1C(C)C)OCCCO2)C(=O)O. The van der Waals surface area contributed by atoms with Crippen LogP contribution in [0.2, 0.25) is 5.02 Å². The van der Waals surface area contributed by atoms with Gasteiger partial charge in [0.1, 0.15) is 0 Å². The van der Waals surface area contributed by atoms with Crippen molar-refractivity contribution in [3.8, 4) is 11.5 Å². The molecule has 5 heteroatoms. The lowest BCUT2D eigenvalue weighted by atomic mass is 9.90. The second-order valence-corrected chi connectivity index (χ2v) is 6.15. The van der Waals surface area contributed by atoms with Crippen molar-refractivity contribution in [3.63, 3.8) is 0 Å². The van der Waals surface area contributed by atoms with Crippen LogP contribution in [0.25, 0.3) is 0 Å². The molecule has 1 N–H and O–H groups in total. The van der Waals surface area contributed by atoms with Gasteiger partial charge in [-0.15, -0.1) is 0 Å². The van der Waals surface area contributed by atoms with Crippen LogP contribution in [0.15, 0.2) is 6.07 Å². The summed E-state index contributed by atoms with van der Waals surface area (Å²) < 4.78 is 11.6. The maximum absolute atomic E-state index is 11.1. The van der Waals surface area contributed by atoms with Crippen molar-refractivity contribution in [2.75, 3.05) is 13.2 Å². The number of carboxylic acid groups (broad SMARTS) is 1. The lowest BCUT2D eigenvalue weighted by Gasteiger charge is -2.21. The molecule has 0 amide bonds. The van der Waals surface area contributed by atoms with Crippen LogP contribution in [-0.4, -0.2) is 24.3 Å². The summed E-state index contributed by atoms with van der Waals surface area (Å²) in [5.41, 5.74) is 1.93. The first-order valence-corrected chi connectivity index (χ1v) is 7.63. The third-order valence-electron chi connectivity index (χ3n) is 3.62. The van der Waals surface area contributed by atoms with Crippen molar-refractivity contribution in [2.45, 2.75) is 39.5 Å². The Bertz CT molecular complexity index is 540. The van der Waals surface area contributed by atoms with Gasteiger partial charge >= 0.3 is 5.97 Å². The summed E-state index contributed by atoms with van der Waals surface area (Å²) in [7, 11) is 0. The van der Waals surface area contributed by atoms with Gasteiger partial charge in [-0.2, -0.15) is 0 Å². The first kappa shape index (κ1) is 16.0. The molecule has 1 aromatic carbocycles. The molecular weight excluding hydrogens is 292 g/mol. The number of hydrogen-bond acceptors (Lipinski definition) is 3. The van der Waals surface area contributed by atoms with Crippen LogP contribution < -0.4 is 9.47 Å². The minimum absolute atomic E-state index is 0.203. The van der Waals surface area contributed by atoms with Crippen molar-refractivity contribution in [1.82, 2.24) is 0 Å². The van der Waals surface area contributed by atoms with Gasteiger partial charge in [-0.1, -0.05) is 32.4 Å². The van der Waals surface area contributed by atoms with Gasteiger partial charge in [0, 0.05) is 12.0 Å². The molecule has 116 valence electrons. The Balaban J connectivity index is 2.52. The van der Waals surface area contributed by atoms with Gasteiger partial charge in [0.05, 0.1) is 24.2 Å². The predicted molar refractivity (Wildman–Crippen MR) is 81.7 cm³/mol. The summed E-state index contributed by atoms with van der Waals surface area (Å²) >= 11 is 6.31. The van der Waals surface area contributed by atoms with Crippen LogP contribution in [0.4, 0.5) is 0 Å². The van der Waals surface area contributed by atoms with Gasteiger partial charge in [0.15, 0.2) is 11.5 Å². The molecule has 0 saturated heterocycles. The zero-order valence-corrected chi connectivity index (χ0v) is 13.4. The molecule has 0 fully saturated rings. The van der Waals surface area contributed by atoms with E-state index in [0.717, 1.165) is 17.5 Å². The van der Waals surface area contributed by atoms with E-state index >= 15 is 0 Å². The fourth-order valence-corrected chi connectivity index (χ4v) is 2.85. The monoisotopic (exact) mass is 312 g/mol. The lowest BCUT2D eigenvalue weighted by molar-refractivity contribution is -0.141. The minimum Gasteiger partial charge on any atom is -0.489 e. The van der Waals surface area contributed by atoms with Gasteiger partial charge < -0.3 is 14.6 Å². The highest BCUT2D eigenvalue weighted by Crippen LogP contribution is 2.45. The standard InChI is InChI=1S/C16H21ClO4/c1-9(2)13-11(7-10(3)16(18)19)8-12(17)14-15(13)21-6-4-5-20-14/h8-10H,4-7H2,1-3H3,(H,18,19). The fourth-order valence-electron chi connectivity index (χ4n) is 2.58. The highest BCUT2D eigenvalue weighted by Gasteiger charge is 2.25. The first-order chi connectivity index (χ1) is 9.91. The molecule has 2 rings (SSSR count). The number of aliphatic carboxylic acids is 1. The Morgan fingerprint density at radius 3 is 2.48 bits per heavy atom. The number of hydrogen-bond donors (Lipinski definition) is 1. The summed E-state index contributed by atoms with van der Waals surface area (Å²) in [6.07, 6.45) is 1.24. The summed E-state index contributed by atoms with van der Waals surface area (Å²) in [5, 5.41) is 9.63. The van der Waals surface area contributed by atoms with E-state index in [9.17, 15) is 4.79 Å². The number of rotatable bonds is 4. The summed E-state index contributed by atoms with van der Waals surface area (Å²) in [6, 6.07) is 1.82. The average Bonchev–Trinajstić information content (AvgIpc) is 2.64. The zero-order valence-electron chi connectivity index (χ0n) is 12.6. The van der Waals surface area contributed by atoms with Gasteiger partial charge in [0.2, 0.25) is 0 Å².